The molecule has 1 fully saturated rings. The molecule has 0 spiro atoms. The van der Waals surface area contributed by atoms with Crippen molar-refractivity contribution >= 4 is 27.5 Å². The van der Waals surface area contributed by atoms with Gasteiger partial charge in [-0.15, -0.1) is 0 Å². The number of hydrogen-bond donors (Lipinski definition) is 1. The highest BCUT2D eigenvalue weighted by atomic mass is 32.2. The second-order valence-corrected chi connectivity index (χ2v) is 8.70. The predicted molar refractivity (Wildman–Crippen MR) is 107 cm³/mol. The van der Waals surface area contributed by atoms with Gasteiger partial charge in [-0.2, -0.15) is 4.31 Å². The normalized spacial score (nSPS) is 15.3. The van der Waals surface area contributed by atoms with E-state index in [2.05, 4.69) is 5.32 Å². The molecule has 148 valence electrons. The average Bonchev–Trinajstić information content (AvgIpc) is 2.70. The largest absolute Gasteiger partial charge is 0.340 e. The molecule has 0 unspecified atom stereocenters. The highest BCUT2D eigenvalue weighted by Gasteiger charge is 2.29. The number of carbonyl (C=O) groups excluding carboxylic acids is 2. The zero-order valence-electron chi connectivity index (χ0n) is 15.9. The summed E-state index contributed by atoms with van der Waals surface area (Å²) in [4.78, 5) is 25.6. The van der Waals surface area contributed by atoms with E-state index in [1.165, 1.54) is 23.4 Å². The number of rotatable bonds is 4. The molecule has 2 aromatic rings. The van der Waals surface area contributed by atoms with Crippen LogP contribution in [-0.2, 0) is 14.8 Å². The van der Waals surface area contributed by atoms with E-state index in [-0.39, 0.29) is 35.4 Å². The molecule has 1 saturated heterocycles. The molecular formula is C20H23N3O4S. The minimum atomic E-state index is -3.73. The average molecular weight is 401 g/mol. The SMILES string of the molecule is CC(=O)N1CCN(S(=O)(=O)c2cccc(C(=O)Nc3ccc(C)cc3)c2)CC1. The van der Waals surface area contributed by atoms with Gasteiger partial charge in [0.25, 0.3) is 5.91 Å². The van der Waals surface area contributed by atoms with Crippen molar-refractivity contribution in [2.75, 3.05) is 31.5 Å². The first kappa shape index (κ1) is 20.0. The predicted octanol–water partition coefficient (Wildman–Crippen LogP) is 2.10. The van der Waals surface area contributed by atoms with Crippen molar-refractivity contribution in [3.8, 4) is 0 Å². The molecule has 3 rings (SSSR count). The fourth-order valence-electron chi connectivity index (χ4n) is 3.03. The second-order valence-electron chi connectivity index (χ2n) is 6.76. The third kappa shape index (κ3) is 4.40. The summed E-state index contributed by atoms with van der Waals surface area (Å²) in [6.45, 7) is 4.63. The van der Waals surface area contributed by atoms with E-state index in [1.54, 1.807) is 29.2 Å². The summed E-state index contributed by atoms with van der Waals surface area (Å²) in [6, 6.07) is 13.4. The number of nitrogens with zero attached hydrogens (tertiary/aromatic N) is 2. The Morgan fingerprint density at radius 1 is 0.964 bits per heavy atom. The van der Waals surface area contributed by atoms with Crippen LogP contribution in [0.25, 0.3) is 0 Å². The first-order valence-corrected chi connectivity index (χ1v) is 10.4. The molecule has 1 N–H and O–H groups in total. The van der Waals surface area contributed by atoms with Crippen LogP contribution in [0.2, 0.25) is 0 Å². The lowest BCUT2D eigenvalue weighted by atomic mass is 10.2. The number of amides is 2. The molecule has 0 atom stereocenters. The molecule has 1 aliphatic rings. The van der Waals surface area contributed by atoms with E-state index >= 15 is 0 Å². The van der Waals surface area contributed by atoms with E-state index in [0.29, 0.717) is 18.8 Å². The van der Waals surface area contributed by atoms with Gasteiger partial charge in [0.2, 0.25) is 15.9 Å². The molecule has 0 aliphatic carbocycles. The molecular weight excluding hydrogens is 378 g/mol. The van der Waals surface area contributed by atoms with Gasteiger partial charge in [-0.25, -0.2) is 8.42 Å². The number of benzene rings is 2. The quantitative estimate of drug-likeness (QED) is 0.850. The molecule has 0 saturated carbocycles. The van der Waals surface area contributed by atoms with E-state index in [1.807, 2.05) is 19.1 Å². The number of piperazine rings is 1. The van der Waals surface area contributed by atoms with Crippen LogP contribution in [0, 0.1) is 6.92 Å². The molecule has 28 heavy (non-hydrogen) atoms. The number of nitrogens with one attached hydrogen (secondary N) is 1. The smallest absolute Gasteiger partial charge is 0.255 e. The lowest BCUT2D eigenvalue weighted by Gasteiger charge is -2.33. The zero-order chi connectivity index (χ0) is 20.3. The Kier molecular flexibility index (Phi) is 5.81. The van der Waals surface area contributed by atoms with E-state index in [9.17, 15) is 18.0 Å². The fraction of sp³-hybridized carbons (Fsp3) is 0.300. The van der Waals surface area contributed by atoms with Gasteiger partial charge in [0.15, 0.2) is 0 Å². The standard InChI is InChI=1S/C20H23N3O4S/c1-15-6-8-18(9-7-15)21-20(25)17-4-3-5-19(14-17)28(26,27)23-12-10-22(11-13-23)16(2)24/h3-9,14H,10-13H2,1-2H3,(H,21,25). The Labute approximate surface area is 165 Å². The van der Waals surface area contributed by atoms with Crippen molar-refractivity contribution in [1.82, 2.24) is 9.21 Å². The number of hydrogen-bond acceptors (Lipinski definition) is 4. The zero-order valence-corrected chi connectivity index (χ0v) is 16.7. The number of aryl methyl sites for hydroxylation is 1. The summed E-state index contributed by atoms with van der Waals surface area (Å²) in [5.41, 5.74) is 1.99. The van der Waals surface area contributed by atoms with Gasteiger partial charge < -0.3 is 10.2 Å². The summed E-state index contributed by atoms with van der Waals surface area (Å²) in [6.07, 6.45) is 0. The van der Waals surface area contributed by atoms with Crippen LogP contribution >= 0.6 is 0 Å². The van der Waals surface area contributed by atoms with Gasteiger partial charge in [-0.3, -0.25) is 9.59 Å². The Hall–Kier alpha value is -2.71. The van der Waals surface area contributed by atoms with Gasteiger partial charge in [0.1, 0.15) is 0 Å². The molecule has 0 bridgehead atoms. The van der Waals surface area contributed by atoms with E-state index < -0.39 is 10.0 Å². The molecule has 8 heteroatoms. The van der Waals surface area contributed by atoms with Gasteiger partial charge in [-0.1, -0.05) is 23.8 Å². The highest BCUT2D eigenvalue weighted by molar-refractivity contribution is 7.89. The van der Waals surface area contributed by atoms with Crippen molar-refractivity contribution in [3.05, 3.63) is 59.7 Å². The van der Waals surface area contributed by atoms with Gasteiger partial charge in [0, 0.05) is 44.4 Å². The van der Waals surface area contributed by atoms with Crippen LogP contribution in [0.1, 0.15) is 22.8 Å². The van der Waals surface area contributed by atoms with Crippen LogP contribution in [0.15, 0.2) is 53.4 Å². The fourth-order valence-corrected chi connectivity index (χ4v) is 4.50. The van der Waals surface area contributed by atoms with Crippen LogP contribution < -0.4 is 5.32 Å². The maximum atomic E-state index is 12.9. The summed E-state index contributed by atoms with van der Waals surface area (Å²) >= 11 is 0. The van der Waals surface area contributed by atoms with E-state index in [0.717, 1.165) is 5.56 Å². The Morgan fingerprint density at radius 3 is 2.21 bits per heavy atom. The summed E-state index contributed by atoms with van der Waals surface area (Å²) in [7, 11) is -3.73. The third-order valence-corrected chi connectivity index (χ3v) is 6.62. The summed E-state index contributed by atoms with van der Waals surface area (Å²) in [5.74, 6) is -0.436. The van der Waals surface area contributed by atoms with Crippen molar-refractivity contribution in [2.45, 2.75) is 18.7 Å². The molecule has 1 aliphatic heterocycles. The summed E-state index contributed by atoms with van der Waals surface area (Å²) < 4.78 is 27.2. The lowest BCUT2D eigenvalue weighted by molar-refractivity contribution is -0.129. The first-order chi connectivity index (χ1) is 13.3. The molecule has 2 aromatic carbocycles. The lowest BCUT2D eigenvalue weighted by Crippen LogP contribution is -2.49. The van der Waals surface area contributed by atoms with Crippen molar-refractivity contribution in [2.24, 2.45) is 0 Å². The third-order valence-electron chi connectivity index (χ3n) is 4.73. The van der Waals surface area contributed by atoms with E-state index in [4.69, 9.17) is 0 Å². The minimum Gasteiger partial charge on any atom is -0.340 e. The first-order valence-electron chi connectivity index (χ1n) is 9.01. The summed E-state index contributed by atoms with van der Waals surface area (Å²) in [5, 5.41) is 2.77. The number of sulfonamides is 1. The topological polar surface area (TPSA) is 86.8 Å². The monoisotopic (exact) mass is 401 g/mol. The van der Waals surface area contributed by atoms with Crippen LogP contribution in [0.3, 0.4) is 0 Å². The number of anilines is 1. The van der Waals surface area contributed by atoms with Crippen molar-refractivity contribution < 1.29 is 18.0 Å². The van der Waals surface area contributed by atoms with Crippen molar-refractivity contribution in [1.29, 1.82) is 0 Å². The van der Waals surface area contributed by atoms with Crippen LogP contribution in [0.5, 0.6) is 0 Å². The van der Waals surface area contributed by atoms with Crippen LogP contribution in [0.4, 0.5) is 5.69 Å². The van der Waals surface area contributed by atoms with Crippen LogP contribution in [-0.4, -0.2) is 55.6 Å². The maximum absolute atomic E-state index is 12.9. The maximum Gasteiger partial charge on any atom is 0.255 e. The Balaban J connectivity index is 1.75. The second kappa shape index (κ2) is 8.12. The number of carbonyl (C=O) groups is 2. The Morgan fingerprint density at radius 2 is 1.61 bits per heavy atom. The minimum absolute atomic E-state index is 0.0631. The van der Waals surface area contributed by atoms with Gasteiger partial charge >= 0.3 is 0 Å². The van der Waals surface area contributed by atoms with Gasteiger partial charge in [-0.05, 0) is 37.3 Å². The molecule has 7 nitrogen and oxygen atoms in total. The molecule has 1 heterocycles. The highest BCUT2D eigenvalue weighted by Crippen LogP contribution is 2.20. The molecule has 0 radical (unpaired) electrons. The molecule has 2 amide bonds. The van der Waals surface area contributed by atoms with Crippen molar-refractivity contribution in [3.63, 3.8) is 0 Å². The van der Waals surface area contributed by atoms with Gasteiger partial charge in [0.05, 0.1) is 4.90 Å². The Bertz CT molecular complexity index is 979. The molecule has 0 aromatic heterocycles.